The molecular weight excluding hydrogens is 358 g/mol. The Hall–Kier alpha value is -0.250. The van der Waals surface area contributed by atoms with Crippen molar-refractivity contribution in [3.8, 4) is 0 Å². The van der Waals surface area contributed by atoms with Gasteiger partial charge in [0.15, 0.2) is 0 Å². The Morgan fingerprint density at radius 2 is 1.78 bits per heavy atom. The van der Waals surface area contributed by atoms with E-state index >= 15 is 0 Å². The number of rotatable bonds is 2. The molecule has 0 aliphatic rings. The highest BCUT2D eigenvalue weighted by atomic mass is 79.9. The molecule has 2 aromatic rings. The van der Waals surface area contributed by atoms with Crippen LogP contribution in [0.4, 0.5) is 0 Å². The van der Waals surface area contributed by atoms with Crippen LogP contribution in [0.25, 0.3) is 0 Å². The van der Waals surface area contributed by atoms with Gasteiger partial charge in [-0.15, -0.1) is 0 Å². The maximum Gasteiger partial charge on any atom is 0.106 e. The van der Waals surface area contributed by atoms with Crippen molar-refractivity contribution in [2.45, 2.75) is 6.10 Å². The van der Waals surface area contributed by atoms with Crippen LogP contribution in [0.3, 0.4) is 0 Å². The maximum absolute atomic E-state index is 10.3. The summed E-state index contributed by atoms with van der Waals surface area (Å²) < 4.78 is 0.794. The molecule has 0 saturated heterocycles. The van der Waals surface area contributed by atoms with E-state index in [1.54, 1.807) is 36.4 Å². The third kappa shape index (κ3) is 3.01. The first-order chi connectivity index (χ1) is 8.49. The van der Waals surface area contributed by atoms with Crippen LogP contribution >= 0.6 is 50.7 Å². The van der Waals surface area contributed by atoms with Crippen LogP contribution in [0, 0.1) is 0 Å². The summed E-state index contributed by atoms with van der Waals surface area (Å²) in [7, 11) is 0. The van der Waals surface area contributed by atoms with Crippen LogP contribution in [0.1, 0.15) is 17.2 Å². The van der Waals surface area contributed by atoms with Gasteiger partial charge in [-0.05, 0) is 29.8 Å². The topological polar surface area (TPSA) is 20.2 Å². The smallest absolute Gasteiger partial charge is 0.106 e. The average Bonchev–Trinajstić information content (AvgIpc) is 2.30. The zero-order valence-electron chi connectivity index (χ0n) is 9.00. The summed E-state index contributed by atoms with van der Waals surface area (Å²) in [5.41, 5.74) is 1.21. The molecule has 18 heavy (non-hydrogen) atoms. The summed E-state index contributed by atoms with van der Waals surface area (Å²) >= 11 is 21.3. The minimum absolute atomic E-state index is 0.350. The van der Waals surface area contributed by atoms with Gasteiger partial charge in [-0.3, -0.25) is 0 Å². The van der Waals surface area contributed by atoms with Gasteiger partial charge in [-0.2, -0.15) is 0 Å². The molecule has 0 aromatic heterocycles. The Labute approximate surface area is 128 Å². The first kappa shape index (κ1) is 14.2. The second kappa shape index (κ2) is 5.81. The molecular formula is C13H8BrCl3O. The van der Waals surface area contributed by atoms with E-state index in [1.165, 1.54) is 0 Å². The van der Waals surface area contributed by atoms with Crippen LogP contribution in [0.5, 0.6) is 0 Å². The minimum Gasteiger partial charge on any atom is -0.384 e. The van der Waals surface area contributed by atoms with Gasteiger partial charge in [0.1, 0.15) is 6.10 Å². The van der Waals surface area contributed by atoms with E-state index in [0.717, 1.165) is 4.47 Å². The second-order valence-corrected chi connectivity index (χ2v) is 5.89. The highest BCUT2D eigenvalue weighted by Crippen LogP contribution is 2.34. The fourth-order valence-corrected chi connectivity index (χ4v) is 2.94. The van der Waals surface area contributed by atoms with Crippen LogP contribution in [-0.2, 0) is 0 Å². The molecule has 0 aliphatic heterocycles. The third-order valence-electron chi connectivity index (χ3n) is 2.48. The summed E-state index contributed by atoms with van der Waals surface area (Å²) in [5, 5.41) is 11.6. The van der Waals surface area contributed by atoms with Crippen molar-refractivity contribution >= 4 is 50.7 Å². The first-order valence-corrected chi connectivity index (χ1v) is 6.99. The fourth-order valence-electron chi connectivity index (χ4n) is 1.64. The van der Waals surface area contributed by atoms with Crippen LogP contribution in [0.2, 0.25) is 15.1 Å². The molecule has 0 bridgehead atoms. The lowest BCUT2D eigenvalue weighted by molar-refractivity contribution is 0.220. The Balaban J connectivity index is 2.47. The van der Waals surface area contributed by atoms with E-state index in [9.17, 15) is 5.11 Å². The Kier molecular flexibility index (Phi) is 4.57. The monoisotopic (exact) mass is 364 g/mol. The maximum atomic E-state index is 10.3. The Morgan fingerprint density at radius 1 is 1.06 bits per heavy atom. The van der Waals surface area contributed by atoms with Gasteiger partial charge >= 0.3 is 0 Å². The molecule has 2 rings (SSSR count). The standard InChI is InChI=1S/C13H8BrCl3O/c14-8-4-7(5-9(15)6-8)13(18)10-2-1-3-11(16)12(10)17/h1-6,13,18H. The molecule has 0 radical (unpaired) electrons. The third-order valence-corrected chi connectivity index (χ3v) is 3.99. The van der Waals surface area contributed by atoms with Gasteiger partial charge in [-0.1, -0.05) is 62.9 Å². The molecule has 1 N–H and O–H groups in total. The van der Waals surface area contributed by atoms with E-state index in [-0.39, 0.29) is 0 Å². The van der Waals surface area contributed by atoms with Crippen molar-refractivity contribution in [1.82, 2.24) is 0 Å². The first-order valence-electron chi connectivity index (χ1n) is 5.07. The van der Waals surface area contributed by atoms with Crippen molar-refractivity contribution in [2.24, 2.45) is 0 Å². The van der Waals surface area contributed by atoms with Gasteiger partial charge in [0.05, 0.1) is 10.0 Å². The van der Waals surface area contributed by atoms with Crippen LogP contribution in [0.15, 0.2) is 40.9 Å². The summed E-state index contributed by atoms with van der Waals surface area (Å²) in [6, 6.07) is 10.4. The molecule has 0 heterocycles. The highest BCUT2D eigenvalue weighted by molar-refractivity contribution is 9.10. The fraction of sp³-hybridized carbons (Fsp3) is 0.0769. The van der Waals surface area contributed by atoms with Gasteiger partial charge in [0.25, 0.3) is 0 Å². The van der Waals surface area contributed by atoms with E-state index < -0.39 is 6.10 Å². The SMILES string of the molecule is OC(c1cc(Cl)cc(Br)c1)c1cccc(Cl)c1Cl. The molecule has 0 saturated carbocycles. The van der Waals surface area contributed by atoms with Gasteiger partial charge < -0.3 is 5.11 Å². The predicted octanol–water partition coefficient (Wildman–Crippen LogP) is 5.49. The van der Waals surface area contributed by atoms with Crippen LogP contribution in [-0.4, -0.2) is 5.11 Å². The van der Waals surface area contributed by atoms with Crippen molar-refractivity contribution in [1.29, 1.82) is 0 Å². The molecule has 0 fully saturated rings. The number of benzene rings is 2. The molecule has 1 nitrogen and oxygen atoms in total. The summed E-state index contributed by atoms with van der Waals surface area (Å²) in [4.78, 5) is 0. The average molecular weight is 366 g/mol. The van der Waals surface area contributed by atoms with Crippen molar-refractivity contribution in [2.75, 3.05) is 0 Å². The molecule has 0 amide bonds. The highest BCUT2D eigenvalue weighted by Gasteiger charge is 2.16. The van der Waals surface area contributed by atoms with Gasteiger partial charge in [0, 0.05) is 15.1 Å². The summed E-state index contributed by atoms with van der Waals surface area (Å²) in [6.45, 7) is 0. The number of halogens is 4. The summed E-state index contributed by atoms with van der Waals surface area (Å²) in [5.74, 6) is 0. The molecule has 1 atom stereocenters. The number of hydrogen-bond acceptors (Lipinski definition) is 1. The van der Waals surface area contributed by atoms with E-state index in [1.807, 2.05) is 0 Å². The zero-order valence-corrected chi connectivity index (χ0v) is 12.9. The Bertz CT molecular complexity index is 566. The van der Waals surface area contributed by atoms with E-state index in [2.05, 4.69) is 15.9 Å². The number of aliphatic hydroxyl groups is 1. The lowest BCUT2D eigenvalue weighted by atomic mass is 10.0. The van der Waals surface area contributed by atoms with Gasteiger partial charge in [-0.25, -0.2) is 0 Å². The second-order valence-electron chi connectivity index (χ2n) is 3.75. The summed E-state index contributed by atoms with van der Waals surface area (Å²) in [6.07, 6.45) is -0.869. The molecule has 0 aliphatic carbocycles. The normalized spacial score (nSPS) is 12.5. The van der Waals surface area contributed by atoms with Crippen molar-refractivity contribution in [3.63, 3.8) is 0 Å². The van der Waals surface area contributed by atoms with Gasteiger partial charge in [0.2, 0.25) is 0 Å². The zero-order chi connectivity index (χ0) is 13.3. The quantitative estimate of drug-likeness (QED) is 0.745. The predicted molar refractivity (Wildman–Crippen MR) is 79.7 cm³/mol. The van der Waals surface area contributed by atoms with Crippen molar-refractivity contribution in [3.05, 3.63) is 67.1 Å². The minimum atomic E-state index is -0.869. The van der Waals surface area contributed by atoms with E-state index in [0.29, 0.717) is 26.2 Å². The van der Waals surface area contributed by atoms with Crippen molar-refractivity contribution < 1.29 is 5.11 Å². The molecule has 0 spiro atoms. The lowest BCUT2D eigenvalue weighted by Crippen LogP contribution is -2.00. The Morgan fingerprint density at radius 3 is 2.44 bits per heavy atom. The molecule has 94 valence electrons. The molecule has 2 aromatic carbocycles. The molecule has 1 unspecified atom stereocenters. The largest absolute Gasteiger partial charge is 0.384 e. The number of aliphatic hydroxyl groups excluding tert-OH is 1. The van der Waals surface area contributed by atoms with E-state index in [4.69, 9.17) is 34.8 Å². The molecule has 5 heteroatoms. The van der Waals surface area contributed by atoms with Crippen LogP contribution < -0.4 is 0 Å². The number of hydrogen-bond donors (Lipinski definition) is 1. The lowest BCUT2D eigenvalue weighted by Gasteiger charge is -2.14.